The number of benzene rings is 2. The van der Waals surface area contributed by atoms with E-state index in [0.717, 1.165) is 30.6 Å². The Balaban J connectivity index is 2.18. The third-order valence-electron chi connectivity index (χ3n) is 3.75. The standard InChI is InChI=1S/C16H18N2/c1-2-3-14-15-9-10-8-11(17)4-5-12(10)13(15)6-7-16(14)18/h4-8H,2-3,9,17-18H2,1H3. The molecule has 1 aliphatic rings. The Morgan fingerprint density at radius 1 is 1.06 bits per heavy atom. The molecule has 2 heteroatoms. The maximum Gasteiger partial charge on any atom is 0.0349 e. The molecule has 0 aromatic heterocycles. The lowest BCUT2D eigenvalue weighted by molar-refractivity contribution is 0.911. The van der Waals surface area contributed by atoms with Crippen LogP contribution < -0.4 is 11.5 Å². The third-order valence-corrected chi connectivity index (χ3v) is 3.75. The molecule has 0 saturated heterocycles. The zero-order chi connectivity index (χ0) is 12.7. The molecule has 92 valence electrons. The zero-order valence-electron chi connectivity index (χ0n) is 10.7. The minimum atomic E-state index is 0.839. The predicted octanol–water partition coefficient (Wildman–Crippen LogP) is 3.37. The zero-order valence-corrected chi connectivity index (χ0v) is 10.7. The van der Waals surface area contributed by atoms with Gasteiger partial charge in [0.25, 0.3) is 0 Å². The number of fused-ring (bicyclic) bond motifs is 3. The second-order valence-electron chi connectivity index (χ2n) is 5.00. The summed E-state index contributed by atoms with van der Waals surface area (Å²) in [7, 11) is 0. The van der Waals surface area contributed by atoms with Crippen molar-refractivity contribution in [2.75, 3.05) is 11.5 Å². The predicted molar refractivity (Wildman–Crippen MR) is 77.5 cm³/mol. The van der Waals surface area contributed by atoms with E-state index in [1.807, 2.05) is 12.1 Å². The first-order valence-corrected chi connectivity index (χ1v) is 6.49. The van der Waals surface area contributed by atoms with Crippen molar-refractivity contribution in [1.29, 1.82) is 0 Å². The summed E-state index contributed by atoms with van der Waals surface area (Å²) >= 11 is 0. The molecule has 2 aromatic rings. The van der Waals surface area contributed by atoms with E-state index in [4.69, 9.17) is 11.5 Å². The van der Waals surface area contributed by atoms with Crippen molar-refractivity contribution in [1.82, 2.24) is 0 Å². The summed E-state index contributed by atoms with van der Waals surface area (Å²) in [5.41, 5.74) is 20.5. The minimum absolute atomic E-state index is 0.839. The molecule has 0 atom stereocenters. The fraction of sp³-hybridized carbons (Fsp3) is 0.250. The molecule has 2 aromatic carbocycles. The van der Waals surface area contributed by atoms with Gasteiger partial charge in [-0.15, -0.1) is 0 Å². The fourth-order valence-corrected chi connectivity index (χ4v) is 2.92. The molecule has 0 bridgehead atoms. The third kappa shape index (κ3) is 1.57. The number of nitrogens with two attached hydrogens (primary N) is 2. The summed E-state index contributed by atoms with van der Waals surface area (Å²) in [4.78, 5) is 0. The van der Waals surface area contributed by atoms with Crippen LogP contribution in [-0.2, 0) is 12.8 Å². The fourth-order valence-electron chi connectivity index (χ4n) is 2.92. The van der Waals surface area contributed by atoms with Crippen LogP contribution in [0.3, 0.4) is 0 Å². The molecule has 18 heavy (non-hydrogen) atoms. The summed E-state index contributed by atoms with van der Waals surface area (Å²) in [5.74, 6) is 0. The van der Waals surface area contributed by atoms with E-state index in [-0.39, 0.29) is 0 Å². The highest BCUT2D eigenvalue weighted by Crippen LogP contribution is 2.41. The Hall–Kier alpha value is -1.96. The molecule has 0 saturated carbocycles. The van der Waals surface area contributed by atoms with Gasteiger partial charge >= 0.3 is 0 Å². The van der Waals surface area contributed by atoms with Crippen LogP contribution in [0.15, 0.2) is 30.3 Å². The van der Waals surface area contributed by atoms with Crippen molar-refractivity contribution in [2.24, 2.45) is 0 Å². The van der Waals surface area contributed by atoms with Gasteiger partial charge in [-0.25, -0.2) is 0 Å². The van der Waals surface area contributed by atoms with E-state index in [0.29, 0.717) is 0 Å². The van der Waals surface area contributed by atoms with Crippen LogP contribution in [0.1, 0.15) is 30.0 Å². The van der Waals surface area contributed by atoms with Gasteiger partial charge in [0.05, 0.1) is 0 Å². The van der Waals surface area contributed by atoms with E-state index in [1.165, 1.54) is 27.8 Å². The van der Waals surface area contributed by atoms with Crippen LogP contribution in [0.5, 0.6) is 0 Å². The van der Waals surface area contributed by atoms with Crippen LogP contribution in [0.4, 0.5) is 11.4 Å². The van der Waals surface area contributed by atoms with Crippen LogP contribution in [-0.4, -0.2) is 0 Å². The molecule has 0 unspecified atom stereocenters. The van der Waals surface area contributed by atoms with Crippen LogP contribution in [0.2, 0.25) is 0 Å². The largest absolute Gasteiger partial charge is 0.399 e. The number of anilines is 2. The van der Waals surface area contributed by atoms with E-state index in [2.05, 4.69) is 25.1 Å². The van der Waals surface area contributed by atoms with Gasteiger partial charge in [-0.2, -0.15) is 0 Å². The van der Waals surface area contributed by atoms with E-state index in [1.54, 1.807) is 0 Å². The Labute approximate surface area is 108 Å². The Bertz CT molecular complexity index is 615. The smallest absolute Gasteiger partial charge is 0.0349 e. The minimum Gasteiger partial charge on any atom is -0.399 e. The second kappa shape index (κ2) is 4.05. The van der Waals surface area contributed by atoms with Gasteiger partial charge in [-0.05, 0) is 58.9 Å². The van der Waals surface area contributed by atoms with Crippen LogP contribution >= 0.6 is 0 Å². The van der Waals surface area contributed by atoms with Crippen molar-refractivity contribution >= 4 is 11.4 Å². The molecule has 0 fully saturated rings. The normalized spacial score (nSPS) is 12.3. The number of hydrogen-bond donors (Lipinski definition) is 2. The molecule has 0 radical (unpaired) electrons. The average molecular weight is 238 g/mol. The lowest BCUT2D eigenvalue weighted by Crippen LogP contribution is -1.99. The highest BCUT2D eigenvalue weighted by Gasteiger charge is 2.22. The molecule has 0 aliphatic heterocycles. The summed E-state index contributed by atoms with van der Waals surface area (Å²) < 4.78 is 0. The van der Waals surface area contributed by atoms with Gasteiger partial charge in [0.15, 0.2) is 0 Å². The first-order valence-electron chi connectivity index (χ1n) is 6.49. The molecule has 4 N–H and O–H groups in total. The Morgan fingerprint density at radius 3 is 2.61 bits per heavy atom. The Kier molecular flexibility index (Phi) is 2.51. The van der Waals surface area contributed by atoms with Gasteiger partial charge < -0.3 is 11.5 Å². The van der Waals surface area contributed by atoms with Gasteiger partial charge in [0.2, 0.25) is 0 Å². The number of rotatable bonds is 2. The molecule has 2 nitrogen and oxygen atoms in total. The molecule has 0 amide bonds. The maximum absolute atomic E-state index is 6.12. The molecule has 0 spiro atoms. The first kappa shape index (κ1) is 11.1. The lowest BCUT2D eigenvalue weighted by Gasteiger charge is -2.10. The quantitative estimate of drug-likeness (QED) is 0.672. The van der Waals surface area contributed by atoms with Gasteiger partial charge in [0.1, 0.15) is 0 Å². The average Bonchev–Trinajstić information content (AvgIpc) is 2.70. The molecular formula is C16H18N2. The molecule has 1 aliphatic carbocycles. The SMILES string of the molecule is CCCc1c(N)ccc2c1Cc1cc(N)ccc1-2. The highest BCUT2D eigenvalue weighted by atomic mass is 14.6. The highest BCUT2D eigenvalue weighted by molar-refractivity contribution is 5.81. The van der Waals surface area contributed by atoms with Gasteiger partial charge in [-0.3, -0.25) is 0 Å². The van der Waals surface area contributed by atoms with E-state index >= 15 is 0 Å². The van der Waals surface area contributed by atoms with E-state index in [9.17, 15) is 0 Å². The molecule has 3 rings (SSSR count). The van der Waals surface area contributed by atoms with Gasteiger partial charge in [-0.1, -0.05) is 25.5 Å². The van der Waals surface area contributed by atoms with Gasteiger partial charge in [0, 0.05) is 11.4 Å². The summed E-state index contributed by atoms with van der Waals surface area (Å²) in [5, 5.41) is 0. The Morgan fingerprint density at radius 2 is 1.83 bits per heavy atom. The van der Waals surface area contributed by atoms with Crippen molar-refractivity contribution in [3.8, 4) is 11.1 Å². The number of nitrogen functional groups attached to an aromatic ring is 2. The van der Waals surface area contributed by atoms with Crippen LogP contribution in [0, 0.1) is 0 Å². The summed E-state index contributed by atoms with van der Waals surface area (Å²) in [6, 6.07) is 10.4. The van der Waals surface area contributed by atoms with Crippen LogP contribution in [0.25, 0.3) is 11.1 Å². The monoisotopic (exact) mass is 238 g/mol. The summed E-state index contributed by atoms with van der Waals surface area (Å²) in [6.45, 7) is 2.19. The van der Waals surface area contributed by atoms with Crippen molar-refractivity contribution in [2.45, 2.75) is 26.2 Å². The summed E-state index contributed by atoms with van der Waals surface area (Å²) in [6.07, 6.45) is 3.15. The molecular weight excluding hydrogens is 220 g/mol. The van der Waals surface area contributed by atoms with Crippen molar-refractivity contribution < 1.29 is 0 Å². The lowest BCUT2D eigenvalue weighted by atomic mass is 9.96. The molecule has 0 heterocycles. The number of hydrogen-bond acceptors (Lipinski definition) is 2. The maximum atomic E-state index is 6.12. The van der Waals surface area contributed by atoms with Crippen molar-refractivity contribution in [3.63, 3.8) is 0 Å². The van der Waals surface area contributed by atoms with E-state index < -0.39 is 0 Å². The van der Waals surface area contributed by atoms with Crippen molar-refractivity contribution in [3.05, 3.63) is 47.0 Å². The first-order chi connectivity index (χ1) is 8.70. The topological polar surface area (TPSA) is 52.0 Å². The second-order valence-corrected chi connectivity index (χ2v) is 5.00.